The predicted octanol–water partition coefficient (Wildman–Crippen LogP) is 4.11. The molecule has 26 heavy (non-hydrogen) atoms. The Morgan fingerprint density at radius 3 is 2.69 bits per heavy atom. The van der Waals surface area contributed by atoms with Gasteiger partial charge in [-0.15, -0.1) is 0 Å². The lowest BCUT2D eigenvalue weighted by Gasteiger charge is -2.32. The number of nitrogens with zero attached hydrogens (tertiary/aromatic N) is 1. The van der Waals surface area contributed by atoms with Gasteiger partial charge in [0.2, 0.25) is 0 Å². The first kappa shape index (κ1) is 18.5. The molecule has 1 saturated heterocycles. The van der Waals surface area contributed by atoms with Crippen molar-refractivity contribution in [1.29, 1.82) is 0 Å². The van der Waals surface area contributed by atoms with Gasteiger partial charge in [-0.2, -0.15) is 0 Å². The van der Waals surface area contributed by atoms with Gasteiger partial charge in [0, 0.05) is 25.1 Å². The minimum Gasteiger partial charge on any atom is -0.497 e. The fraction of sp³-hybridized carbons (Fsp3) is 0.409. The summed E-state index contributed by atoms with van der Waals surface area (Å²) in [4.78, 5) is 15.5. The maximum absolute atomic E-state index is 13.1. The molecule has 0 aliphatic carbocycles. The van der Waals surface area contributed by atoms with Crippen LogP contribution in [-0.4, -0.2) is 38.0 Å². The second-order valence-electron chi connectivity index (χ2n) is 6.93. The molecule has 1 aliphatic heterocycles. The highest BCUT2D eigenvalue weighted by atomic mass is 16.5. The van der Waals surface area contributed by atoms with Crippen LogP contribution >= 0.6 is 0 Å². The van der Waals surface area contributed by atoms with Crippen LogP contribution in [0.3, 0.4) is 0 Å². The quantitative estimate of drug-likeness (QED) is 0.733. The molecular formula is C22H27NO3. The Kier molecular flexibility index (Phi) is 5.94. The topological polar surface area (TPSA) is 38.8 Å². The Morgan fingerprint density at radius 1 is 1.15 bits per heavy atom. The number of benzene rings is 2. The number of carbonyl (C=O) groups is 1. The van der Waals surface area contributed by atoms with E-state index in [-0.39, 0.29) is 11.7 Å². The number of rotatable bonds is 6. The lowest BCUT2D eigenvalue weighted by molar-refractivity contribution is 0.0808. The first-order valence-electron chi connectivity index (χ1n) is 9.15. The van der Waals surface area contributed by atoms with Gasteiger partial charge < -0.3 is 9.47 Å². The minimum absolute atomic E-state index is 0.00932. The van der Waals surface area contributed by atoms with Gasteiger partial charge in [0.05, 0.1) is 19.8 Å². The largest absolute Gasteiger partial charge is 0.497 e. The van der Waals surface area contributed by atoms with E-state index in [1.165, 1.54) is 11.1 Å². The predicted molar refractivity (Wildman–Crippen MR) is 103 cm³/mol. The normalized spacial score (nSPS) is 17.7. The lowest BCUT2D eigenvalue weighted by atomic mass is 9.89. The smallest absolute Gasteiger partial charge is 0.170 e. The van der Waals surface area contributed by atoms with Crippen LogP contribution in [0, 0.1) is 12.8 Å². The standard InChI is InChI=1S/C22H27NO3/c1-16-7-4-5-8-17(16)14-23-12-6-9-18(15-23)22(24)20-11-10-19(25-2)13-21(20)26-3/h4-5,7-8,10-11,13,18H,6,9,12,14-15H2,1-3H3/t18-/m0/s1. The zero-order chi connectivity index (χ0) is 18.5. The summed E-state index contributed by atoms with van der Waals surface area (Å²) in [7, 11) is 3.21. The minimum atomic E-state index is 0.00932. The maximum atomic E-state index is 13.1. The number of hydrogen-bond acceptors (Lipinski definition) is 4. The van der Waals surface area contributed by atoms with E-state index in [1.807, 2.05) is 12.1 Å². The number of aryl methyl sites for hydroxylation is 1. The van der Waals surface area contributed by atoms with Gasteiger partial charge in [-0.3, -0.25) is 9.69 Å². The summed E-state index contributed by atoms with van der Waals surface area (Å²) in [5.74, 6) is 1.46. The van der Waals surface area contributed by atoms with Crippen molar-refractivity contribution in [1.82, 2.24) is 4.90 Å². The van der Waals surface area contributed by atoms with E-state index >= 15 is 0 Å². The summed E-state index contributed by atoms with van der Waals surface area (Å²) < 4.78 is 10.7. The van der Waals surface area contributed by atoms with Gasteiger partial charge in [-0.1, -0.05) is 24.3 Å². The van der Waals surface area contributed by atoms with Crippen LogP contribution in [-0.2, 0) is 6.54 Å². The van der Waals surface area contributed by atoms with E-state index < -0.39 is 0 Å². The molecule has 4 heteroatoms. The van der Waals surface area contributed by atoms with Crippen molar-refractivity contribution in [3.05, 3.63) is 59.2 Å². The highest BCUT2D eigenvalue weighted by molar-refractivity contribution is 6.00. The third kappa shape index (κ3) is 4.07. The van der Waals surface area contributed by atoms with Crippen molar-refractivity contribution in [3.63, 3.8) is 0 Å². The van der Waals surface area contributed by atoms with Crippen LogP contribution in [0.1, 0.15) is 34.3 Å². The molecule has 0 unspecified atom stereocenters. The fourth-order valence-electron chi connectivity index (χ4n) is 3.66. The SMILES string of the molecule is COc1ccc(C(=O)[C@H]2CCCN(Cc3ccccc3C)C2)c(OC)c1. The molecule has 0 spiro atoms. The number of piperidine rings is 1. The number of hydrogen-bond donors (Lipinski definition) is 0. The average Bonchev–Trinajstić information content (AvgIpc) is 2.69. The van der Waals surface area contributed by atoms with Crippen molar-refractivity contribution in [2.75, 3.05) is 27.3 Å². The Labute approximate surface area is 155 Å². The first-order chi connectivity index (χ1) is 12.6. The summed E-state index contributed by atoms with van der Waals surface area (Å²) in [6.45, 7) is 4.88. The van der Waals surface area contributed by atoms with Gasteiger partial charge in [0.15, 0.2) is 5.78 Å². The monoisotopic (exact) mass is 353 g/mol. The van der Waals surface area contributed by atoms with Crippen LogP contribution in [0.5, 0.6) is 11.5 Å². The van der Waals surface area contributed by atoms with E-state index in [0.717, 1.165) is 32.5 Å². The highest BCUT2D eigenvalue weighted by Gasteiger charge is 2.28. The van der Waals surface area contributed by atoms with Crippen LogP contribution in [0.2, 0.25) is 0 Å². The molecule has 2 aromatic rings. The maximum Gasteiger partial charge on any atom is 0.170 e. The molecule has 0 aromatic heterocycles. The van der Waals surface area contributed by atoms with Crippen LogP contribution in [0.15, 0.2) is 42.5 Å². The Morgan fingerprint density at radius 2 is 1.96 bits per heavy atom. The molecule has 4 nitrogen and oxygen atoms in total. The molecule has 0 bridgehead atoms. The van der Waals surface area contributed by atoms with Gasteiger partial charge in [0.25, 0.3) is 0 Å². The molecule has 0 N–H and O–H groups in total. The molecule has 3 rings (SSSR count). The third-order valence-electron chi connectivity index (χ3n) is 5.21. The molecule has 1 atom stereocenters. The Balaban J connectivity index is 1.73. The highest BCUT2D eigenvalue weighted by Crippen LogP contribution is 2.30. The summed E-state index contributed by atoms with van der Waals surface area (Å²) in [6, 6.07) is 13.9. The number of Topliss-reactive ketones (excluding diaryl/α,β-unsaturated/α-hetero) is 1. The molecule has 2 aromatic carbocycles. The molecular weight excluding hydrogens is 326 g/mol. The number of likely N-dealkylation sites (tertiary alicyclic amines) is 1. The molecule has 138 valence electrons. The van der Waals surface area contributed by atoms with Gasteiger partial charge in [0.1, 0.15) is 11.5 Å². The lowest BCUT2D eigenvalue weighted by Crippen LogP contribution is -2.38. The van der Waals surface area contributed by atoms with E-state index in [9.17, 15) is 4.79 Å². The van der Waals surface area contributed by atoms with Crippen molar-refractivity contribution < 1.29 is 14.3 Å². The Hall–Kier alpha value is -2.33. The summed E-state index contributed by atoms with van der Waals surface area (Å²) in [6.07, 6.45) is 1.97. The van der Waals surface area contributed by atoms with E-state index in [0.29, 0.717) is 17.1 Å². The number of carbonyl (C=O) groups excluding carboxylic acids is 1. The van der Waals surface area contributed by atoms with Crippen LogP contribution < -0.4 is 9.47 Å². The van der Waals surface area contributed by atoms with Crippen molar-refractivity contribution >= 4 is 5.78 Å². The summed E-state index contributed by atoms with van der Waals surface area (Å²) in [5.41, 5.74) is 3.29. The zero-order valence-corrected chi connectivity index (χ0v) is 15.8. The third-order valence-corrected chi connectivity index (χ3v) is 5.21. The number of ketones is 1. The molecule has 0 saturated carbocycles. The van der Waals surface area contributed by atoms with E-state index in [2.05, 4.69) is 36.1 Å². The second kappa shape index (κ2) is 8.37. The van der Waals surface area contributed by atoms with Crippen LogP contribution in [0.4, 0.5) is 0 Å². The van der Waals surface area contributed by atoms with Crippen molar-refractivity contribution in [3.8, 4) is 11.5 Å². The van der Waals surface area contributed by atoms with E-state index in [1.54, 1.807) is 20.3 Å². The number of methoxy groups -OCH3 is 2. The van der Waals surface area contributed by atoms with Gasteiger partial charge in [-0.05, 0) is 49.6 Å². The average molecular weight is 353 g/mol. The summed E-state index contributed by atoms with van der Waals surface area (Å²) >= 11 is 0. The summed E-state index contributed by atoms with van der Waals surface area (Å²) in [5, 5.41) is 0. The molecule has 1 fully saturated rings. The Bertz CT molecular complexity index is 772. The van der Waals surface area contributed by atoms with Crippen molar-refractivity contribution in [2.24, 2.45) is 5.92 Å². The van der Waals surface area contributed by atoms with Crippen molar-refractivity contribution in [2.45, 2.75) is 26.3 Å². The second-order valence-corrected chi connectivity index (χ2v) is 6.93. The molecule has 0 amide bonds. The molecule has 1 aliphatic rings. The van der Waals surface area contributed by atoms with Gasteiger partial charge >= 0.3 is 0 Å². The fourth-order valence-corrected chi connectivity index (χ4v) is 3.66. The number of ether oxygens (including phenoxy) is 2. The van der Waals surface area contributed by atoms with Gasteiger partial charge in [-0.25, -0.2) is 0 Å². The zero-order valence-electron chi connectivity index (χ0n) is 15.8. The van der Waals surface area contributed by atoms with Crippen LogP contribution in [0.25, 0.3) is 0 Å². The molecule has 0 radical (unpaired) electrons. The van der Waals surface area contributed by atoms with E-state index in [4.69, 9.17) is 9.47 Å². The molecule has 1 heterocycles. The first-order valence-corrected chi connectivity index (χ1v) is 9.15.